The Balaban J connectivity index is 1.53. The molecule has 0 saturated heterocycles. The zero-order chi connectivity index (χ0) is 20.6. The molecule has 0 saturated carbocycles. The predicted molar refractivity (Wildman–Crippen MR) is 117 cm³/mol. The average Bonchev–Trinajstić information content (AvgIpc) is 2.74. The van der Waals surface area contributed by atoms with Gasteiger partial charge >= 0.3 is 0 Å². The van der Waals surface area contributed by atoms with Gasteiger partial charge in [0.15, 0.2) is 5.78 Å². The van der Waals surface area contributed by atoms with E-state index in [0.29, 0.717) is 22.6 Å². The lowest BCUT2D eigenvalue weighted by atomic mass is 10.1. The van der Waals surface area contributed by atoms with Crippen molar-refractivity contribution >= 4 is 40.7 Å². The largest absolute Gasteiger partial charge is 0.326 e. The minimum Gasteiger partial charge on any atom is -0.326 e. The van der Waals surface area contributed by atoms with Crippen LogP contribution in [0, 0.1) is 0 Å². The first-order chi connectivity index (χ1) is 14.0. The van der Waals surface area contributed by atoms with Gasteiger partial charge in [-0.3, -0.25) is 14.4 Å². The molecule has 0 bridgehead atoms. The van der Waals surface area contributed by atoms with Crippen molar-refractivity contribution in [2.45, 2.75) is 11.8 Å². The molecule has 5 nitrogen and oxygen atoms in total. The average molecular weight is 404 g/mol. The molecule has 3 aromatic rings. The lowest BCUT2D eigenvalue weighted by Crippen LogP contribution is -2.11. The van der Waals surface area contributed by atoms with Gasteiger partial charge in [0.25, 0.3) is 5.91 Å². The van der Waals surface area contributed by atoms with Crippen LogP contribution in [0.15, 0.2) is 83.8 Å². The highest BCUT2D eigenvalue weighted by Gasteiger charge is 2.09. The Kier molecular flexibility index (Phi) is 6.81. The van der Waals surface area contributed by atoms with Crippen LogP contribution in [0.3, 0.4) is 0 Å². The Labute approximate surface area is 173 Å². The van der Waals surface area contributed by atoms with E-state index >= 15 is 0 Å². The number of ketones is 1. The maximum absolute atomic E-state index is 12.4. The summed E-state index contributed by atoms with van der Waals surface area (Å²) in [5.74, 6) is -0.0105. The van der Waals surface area contributed by atoms with Crippen LogP contribution in [0.2, 0.25) is 0 Å². The number of thioether (sulfide) groups is 1. The molecule has 0 fully saturated rings. The van der Waals surface area contributed by atoms with Crippen molar-refractivity contribution < 1.29 is 14.4 Å². The number of rotatable bonds is 7. The number of anilines is 2. The fourth-order valence-electron chi connectivity index (χ4n) is 2.60. The Bertz CT molecular complexity index is 1000. The highest BCUT2D eigenvalue weighted by atomic mass is 32.2. The Morgan fingerprint density at radius 1 is 0.724 bits per heavy atom. The van der Waals surface area contributed by atoms with Crippen molar-refractivity contribution in [1.29, 1.82) is 0 Å². The lowest BCUT2D eigenvalue weighted by molar-refractivity contribution is -0.114. The quantitative estimate of drug-likeness (QED) is 0.435. The topological polar surface area (TPSA) is 75.3 Å². The summed E-state index contributed by atoms with van der Waals surface area (Å²) in [6.45, 7) is 1.46. The predicted octanol–water partition coefficient (Wildman–Crippen LogP) is 4.87. The van der Waals surface area contributed by atoms with Gasteiger partial charge in [-0.2, -0.15) is 0 Å². The number of amides is 2. The first-order valence-corrected chi connectivity index (χ1v) is 10.00. The smallest absolute Gasteiger partial charge is 0.255 e. The van der Waals surface area contributed by atoms with E-state index in [1.165, 1.54) is 18.7 Å². The van der Waals surface area contributed by atoms with Gasteiger partial charge in [-0.25, -0.2) is 0 Å². The number of carbonyl (C=O) groups excluding carboxylic acids is 3. The maximum atomic E-state index is 12.4. The standard InChI is InChI=1S/C23H20N2O3S/c1-16(26)24-19-11-13-21(14-12-19)29-15-22(27)17-7-9-20(10-8-17)25-23(28)18-5-3-2-4-6-18/h2-14H,15H2,1H3,(H,24,26)(H,25,28). The molecule has 0 unspecified atom stereocenters. The molecule has 0 heterocycles. The normalized spacial score (nSPS) is 10.2. The fourth-order valence-corrected chi connectivity index (χ4v) is 3.40. The third kappa shape index (κ3) is 6.05. The fraction of sp³-hybridized carbons (Fsp3) is 0.0870. The van der Waals surface area contributed by atoms with Gasteiger partial charge < -0.3 is 10.6 Å². The van der Waals surface area contributed by atoms with Crippen molar-refractivity contribution in [2.75, 3.05) is 16.4 Å². The van der Waals surface area contributed by atoms with E-state index in [0.717, 1.165) is 10.6 Å². The number of benzene rings is 3. The second-order valence-corrected chi connectivity index (χ2v) is 7.36. The summed E-state index contributed by atoms with van der Waals surface area (Å²) in [6, 6.07) is 23.2. The molecule has 0 atom stereocenters. The molecule has 146 valence electrons. The molecule has 0 aromatic heterocycles. The van der Waals surface area contributed by atoms with E-state index in [9.17, 15) is 14.4 Å². The van der Waals surface area contributed by atoms with E-state index in [4.69, 9.17) is 0 Å². The van der Waals surface area contributed by atoms with Crippen LogP contribution in [-0.2, 0) is 4.79 Å². The highest BCUT2D eigenvalue weighted by Crippen LogP contribution is 2.22. The van der Waals surface area contributed by atoms with Crippen LogP contribution >= 0.6 is 11.8 Å². The Hall–Kier alpha value is -3.38. The van der Waals surface area contributed by atoms with E-state index in [2.05, 4.69) is 10.6 Å². The van der Waals surface area contributed by atoms with Crippen LogP contribution in [0.4, 0.5) is 11.4 Å². The second-order valence-electron chi connectivity index (χ2n) is 6.31. The van der Waals surface area contributed by atoms with E-state index in [1.807, 2.05) is 30.3 Å². The Morgan fingerprint density at radius 2 is 1.31 bits per heavy atom. The number of hydrogen-bond donors (Lipinski definition) is 2. The third-order valence-electron chi connectivity index (χ3n) is 4.05. The van der Waals surface area contributed by atoms with Crippen molar-refractivity contribution in [2.24, 2.45) is 0 Å². The molecule has 3 rings (SSSR count). The van der Waals surface area contributed by atoms with E-state index in [-0.39, 0.29) is 17.6 Å². The van der Waals surface area contributed by atoms with Gasteiger partial charge in [0.2, 0.25) is 5.91 Å². The van der Waals surface area contributed by atoms with Crippen LogP contribution < -0.4 is 10.6 Å². The summed E-state index contributed by atoms with van der Waals surface area (Å²) in [5.41, 5.74) is 2.52. The first kappa shape index (κ1) is 20.4. The highest BCUT2D eigenvalue weighted by molar-refractivity contribution is 8.00. The zero-order valence-corrected chi connectivity index (χ0v) is 16.7. The van der Waals surface area contributed by atoms with Crippen molar-refractivity contribution in [1.82, 2.24) is 0 Å². The van der Waals surface area contributed by atoms with Gasteiger partial charge in [-0.15, -0.1) is 11.8 Å². The molecule has 0 aliphatic heterocycles. The minimum atomic E-state index is -0.192. The first-order valence-electron chi connectivity index (χ1n) is 9.01. The SMILES string of the molecule is CC(=O)Nc1ccc(SCC(=O)c2ccc(NC(=O)c3ccccc3)cc2)cc1. The summed E-state index contributed by atoms with van der Waals surface area (Å²) in [7, 11) is 0. The van der Waals surface area contributed by atoms with Crippen molar-refractivity contribution in [3.63, 3.8) is 0 Å². The van der Waals surface area contributed by atoms with Crippen LogP contribution in [-0.4, -0.2) is 23.4 Å². The van der Waals surface area contributed by atoms with Gasteiger partial charge in [0.1, 0.15) is 0 Å². The van der Waals surface area contributed by atoms with Gasteiger partial charge in [0.05, 0.1) is 5.75 Å². The summed E-state index contributed by atoms with van der Waals surface area (Å²) in [5, 5.41) is 5.52. The van der Waals surface area contributed by atoms with E-state index < -0.39 is 0 Å². The molecule has 6 heteroatoms. The molecule has 0 radical (unpaired) electrons. The summed E-state index contributed by atoms with van der Waals surface area (Å²) >= 11 is 1.43. The summed E-state index contributed by atoms with van der Waals surface area (Å²) < 4.78 is 0. The number of Topliss-reactive ketones (excluding diaryl/α,β-unsaturated/α-hetero) is 1. The molecule has 0 aliphatic carbocycles. The molecule has 0 spiro atoms. The lowest BCUT2D eigenvalue weighted by Gasteiger charge is -2.07. The third-order valence-corrected chi connectivity index (χ3v) is 5.06. The van der Waals surface area contributed by atoms with Crippen LogP contribution in [0.25, 0.3) is 0 Å². The molecule has 2 amide bonds. The molecule has 29 heavy (non-hydrogen) atoms. The second kappa shape index (κ2) is 9.71. The maximum Gasteiger partial charge on any atom is 0.255 e. The Morgan fingerprint density at radius 3 is 1.93 bits per heavy atom. The van der Waals surface area contributed by atoms with Crippen molar-refractivity contribution in [3.05, 3.63) is 90.0 Å². The molecule has 2 N–H and O–H groups in total. The molecule has 0 aliphatic rings. The number of nitrogens with one attached hydrogen (secondary N) is 2. The minimum absolute atomic E-state index is 0.00173. The van der Waals surface area contributed by atoms with Gasteiger partial charge in [-0.1, -0.05) is 18.2 Å². The molecular formula is C23H20N2O3S. The van der Waals surface area contributed by atoms with Crippen LogP contribution in [0.1, 0.15) is 27.6 Å². The van der Waals surface area contributed by atoms with Crippen molar-refractivity contribution in [3.8, 4) is 0 Å². The zero-order valence-electron chi connectivity index (χ0n) is 15.8. The van der Waals surface area contributed by atoms with Gasteiger partial charge in [0, 0.05) is 34.3 Å². The molecule has 3 aromatic carbocycles. The van der Waals surface area contributed by atoms with Crippen LogP contribution in [0.5, 0.6) is 0 Å². The number of carbonyl (C=O) groups is 3. The van der Waals surface area contributed by atoms with Gasteiger partial charge in [-0.05, 0) is 60.7 Å². The summed E-state index contributed by atoms with van der Waals surface area (Å²) in [6.07, 6.45) is 0. The monoisotopic (exact) mass is 404 g/mol. The van der Waals surface area contributed by atoms with E-state index in [1.54, 1.807) is 48.5 Å². The molecular weight excluding hydrogens is 384 g/mol. The number of hydrogen-bond acceptors (Lipinski definition) is 4. The summed E-state index contributed by atoms with van der Waals surface area (Å²) in [4.78, 5) is 36.6.